The van der Waals surface area contributed by atoms with Gasteiger partial charge in [0.25, 0.3) is 0 Å². The second-order valence-corrected chi connectivity index (χ2v) is 4.85. The van der Waals surface area contributed by atoms with Crippen LogP contribution in [0.4, 0.5) is 0 Å². The number of aromatic nitrogens is 1. The Morgan fingerprint density at radius 1 is 1.11 bits per heavy atom. The maximum absolute atomic E-state index is 5.84. The van der Waals surface area contributed by atoms with Gasteiger partial charge in [0.1, 0.15) is 0 Å². The van der Waals surface area contributed by atoms with Crippen molar-refractivity contribution in [2.75, 3.05) is 0 Å². The fourth-order valence-corrected chi connectivity index (χ4v) is 2.12. The Balaban J connectivity index is 0.00000120. The molecule has 2 nitrogen and oxygen atoms in total. The third-order valence-electron chi connectivity index (χ3n) is 3.40. The van der Waals surface area contributed by atoms with Gasteiger partial charge in [-0.3, -0.25) is 4.98 Å². The van der Waals surface area contributed by atoms with Crippen LogP contribution in [-0.2, 0) is 0 Å². The van der Waals surface area contributed by atoms with Crippen molar-refractivity contribution in [1.29, 1.82) is 0 Å². The zero-order valence-electron chi connectivity index (χ0n) is 10.3. The monoisotopic (exact) mass is 260 g/mol. The van der Waals surface area contributed by atoms with Crippen molar-refractivity contribution in [3.63, 3.8) is 0 Å². The van der Waals surface area contributed by atoms with E-state index in [2.05, 4.69) is 48.3 Å². The van der Waals surface area contributed by atoms with Crippen molar-refractivity contribution >= 4 is 12.4 Å². The third kappa shape index (κ3) is 2.55. The molecule has 1 heterocycles. The average molecular weight is 261 g/mol. The van der Waals surface area contributed by atoms with E-state index in [-0.39, 0.29) is 12.4 Å². The maximum Gasteiger partial charge on any atom is 0.0702 e. The molecule has 1 aliphatic carbocycles. The first kappa shape index (κ1) is 13.1. The quantitative estimate of drug-likeness (QED) is 0.900. The molecule has 0 radical (unpaired) electrons. The largest absolute Gasteiger partial charge is 0.327 e. The van der Waals surface area contributed by atoms with Gasteiger partial charge >= 0.3 is 0 Å². The van der Waals surface area contributed by atoms with Crippen molar-refractivity contribution in [3.8, 4) is 11.3 Å². The highest BCUT2D eigenvalue weighted by Gasteiger charge is 2.34. The Bertz CT molecular complexity index is 519. The maximum atomic E-state index is 5.84. The molecule has 0 unspecified atom stereocenters. The van der Waals surface area contributed by atoms with Gasteiger partial charge in [-0.15, -0.1) is 12.4 Å². The molecule has 1 aliphatic rings. The van der Waals surface area contributed by atoms with Crippen LogP contribution in [-0.4, -0.2) is 11.0 Å². The van der Waals surface area contributed by atoms with Crippen LogP contribution in [0.5, 0.6) is 0 Å². The van der Waals surface area contributed by atoms with Gasteiger partial charge in [-0.05, 0) is 25.0 Å². The number of aryl methyl sites for hydroxylation is 1. The van der Waals surface area contributed by atoms with Gasteiger partial charge in [0.05, 0.1) is 5.69 Å². The van der Waals surface area contributed by atoms with Crippen molar-refractivity contribution in [1.82, 2.24) is 4.98 Å². The first-order valence-electron chi connectivity index (χ1n) is 6.02. The minimum Gasteiger partial charge on any atom is -0.327 e. The van der Waals surface area contributed by atoms with Gasteiger partial charge in [0, 0.05) is 23.7 Å². The fraction of sp³-hybridized carbons (Fsp3) is 0.267. The number of hydrogen-bond donors (Lipinski definition) is 1. The van der Waals surface area contributed by atoms with E-state index in [9.17, 15) is 0 Å². The van der Waals surface area contributed by atoms with Gasteiger partial charge < -0.3 is 5.73 Å². The zero-order chi connectivity index (χ0) is 11.8. The number of nitrogens with zero attached hydrogens (tertiary/aromatic N) is 1. The molecule has 18 heavy (non-hydrogen) atoms. The first-order valence-corrected chi connectivity index (χ1v) is 6.02. The average Bonchev–Trinajstić information content (AvgIpc) is 3.08. The number of rotatable bonds is 2. The molecule has 0 saturated heterocycles. The van der Waals surface area contributed by atoms with Crippen LogP contribution in [0.2, 0.25) is 0 Å². The summed E-state index contributed by atoms with van der Waals surface area (Å²) in [6, 6.07) is 13.0. The summed E-state index contributed by atoms with van der Waals surface area (Å²) in [6.07, 6.45) is 3.07. The van der Waals surface area contributed by atoms with E-state index in [4.69, 9.17) is 5.73 Å². The van der Waals surface area contributed by atoms with Crippen molar-refractivity contribution in [3.05, 3.63) is 53.7 Å². The van der Waals surface area contributed by atoms with Crippen LogP contribution in [0, 0.1) is 6.92 Å². The van der Waals surface area contributed by atoms with Crippen LogP contribution in [0.15, 0.2) is 42.6 Å². The molecule has 2 aromatic rings. The van der Waals surface area contributed by atoms with Crippen molar-refractivity contribution < 1.29 is 0 Å². The van der Waals surface area contributed by atoms with Crippen LogP contribution < -0.4 is 5.73 Å². The third-order valence-corrected chi connectivity index (χ3v) is 3.40. The van der Waals surface area contributed by atoms with Crippen LogP contribution in [0.3, 0.4) is 0 Å². The molecule has 1 saturated carbocycles. The zero-order valence-corrected chi connectivity index (χ0v) is 11.2. The van der Waals surface area contributed by atoms with E-state index < -0.39 is 0 Å². The van der Waals surface area contributed by atoms with E-state index in [0.29, 0.717) is 12.0 Å². The van der Waals surface area contributed by atoms with E-state index in [0.717, 1.165) is 12.1 Å². The molecule has 0 spiro atoms. The van der Waals surface area contributed by atoms with Crippen molar-refractivity contribution in [2.24, 2.45) is 5.73 Å². The molecule has 0 aliphatic heterocycles. The Hall–Kier alpha value is -1.38. The predicted octanol–water partition coefficient (Wildman–Crippen LogP) is 3.29. The fourth-order valence-electron chi connectivity index (χ4n) is 2.12. The lowest BCUT2D eigenvalue weighted by Gasteiger charge is -2.03. The highest BCUT2D eigenvalue weighted by molar-refractivity contribution is 5.85. The summed E-state index contributed by atoms with van der Waals surface area (Å²) in [5.41, 5.74) is 10.6. The smallest absolute Gasteiger partial charge is 0.0702 e. The van der Waals surface area contributed by atoms with E-state index >= 15 is 0 Å². The Kier molecular flexibility index (Phi) is 3.69. The Morgan fingerprint density at radius 2 is 1.78 bits per heavy atom. The van der Waals surface area contributed by atoms with E-state index in [1.807, 2.05) is 6.20 Å². The molecular formula is C15H17ClN2. The molecular weight excluding hydrogens is 244 g/mol. The topological polar surface area (TPSA) is 38.9 Å². The number of benzene rings is 1. The second kappa shape index (κ2) is 5.09. The molecule has 1 fully saturated rings. The lowest BCUT2D eigenvalue weighted by Crippen LogP contribution is -2.01. The van der Waals surface area contributed by atoms with Crippen LogP contribution in [0.25, 0.3) is 11.3 Å². The molecule has 3 rings (SSSR count). The minimum absolute atomic E-state index is 0. The molecule has 2 atom stereocenters. The molecule has 3 heteroatoms. The van der Waals surface area contributed by atoms with Gasteiger partial charge in [0.15, 0.2) is 0 Å². The van der Waals surface area contributed by atoms with Gasteiger partial charge in [-0.1, -0.05) is 35.9 Å². The summed E-state index contributed by atoms with van der Waals surface area (Å²) in [5, 5.41) is 0. The second-order valence-electron chi connectivity index (χ2n) is 4.85. The molecule has 2 N–H and O–H groups in total. The molecule has 0 bridgehead atoms. The minimum atomic E-state index is 0. The summed E-state index contributed by atoms with van der Waals surface area (Å²) in [5.74, 6) is 0.537. The Morgan fingerprint density at radius 3 is 2.28 bits per heavy atom. The highest BCUT2D eigenvalue weighted by Crippen LogP contribution is 2.38. The first-order chi connectivity index (χ1) is 8.24. The van der Waals surface area contributed by atoms with Gasteiger partial charge in [-0.25, -0.2) is 0 Å². The number of pyridine rings is 1. The van der Waals surface area contributed by atoms with E-state index in [1.165, 1.54) is 16.7 Å². The lowest BCUT2D eigenvalue weighted by molar-refractivity contribution is 0.981. The Labute approximate surface area is 114 Å². The number of nitrogens with two attached hydrogens (primary N) is 1. The summed E-state index contributed by atoms with van der Waals surface area (Å²) in [4.78, 5) is 4.52. The molecule has 1 aromatic heterocycles. The highest BCUT2D eigenvalue weighted by atomic mass is 35.5. The van der Waals surface area contributed by atoms with Crippen LogP contribution in [0.1, 0.15) is 23.5 Å². The van der Waals surface area contributed by atoms with E-state index in [1.54, 1.807) is 0 Å². The summed E-state index contributed by atoms with van der Waals surface area (Å²) < 4.78 is 0. The molecule has 0 amide bonds. The number of hydrogen-bond acceptors (Lipinski definition) is 2. The van der Waals surface area contributed by atoms with Gasteiger partial charge in [0.2, 0.25) is 0 Å². The lowest BCUT2D eigenvalue weighted by atomic mass is 10.1. The number of halogens is 1. The summed E-state index contributed by atoms with van der Waals surface area (Å²) >= 11 is 0. The SMILES string of the molecule is Cc1ccc(-c2ccc([C@H]3C[C@@H]3N)cn2)cc1.Cl. The summed E-state index contributed by atoms with van der Waals surface area (Å²) in [6.45, 7) is 2.09. The predicted molar refractivity (Wildman–Crippen MR) is 77.0 cm³/mol. The summed E-state index contributed by atoms with van der Waals surface area (Å²) in [7, 11) is 0. The molecule has 1 aromatic carbocycles. The van der Waals surface area contributed by atoms with Crippen molar-refractivity contribution in [2.45, 2.75) is 25.3 Å². The normalized spacial score (nSPS) is 21.2. The molecule has 94 valence electrons. The van der Waals surface area contributed by atoms with Crippen LogP contribution >= 0.6 is 12.4 Å². The van der Waals surface area contributed by atoms with Gasteiger partial charge in [-0.2, -0.15) is 0 Å². The standard InChI is InChI=1S/C15H16N2.ClH/c1-10-2-4-11(5-3-10)15-7-6-12(9-17-15)13-8-14(13)16;/h2-7,9,13-14H,8,16H2,1H3;1H/t13-,14+;/m1./s1.